The minimum Gasteiger partial charge on any atom is -0.481 e. The second-order valence-electron chi connectivity index (χ2n) is 5.84. The van der Waals surface area contributed by atoms with E-state index in [4.69, 9.17) is 5.11 Å². The van der Waals surface area contributed by atoms with Crippen LogP contribution in [0.15, 0.2) is 0 Å². The predicted octanol–water partition coefficient (Wildman–Crippen LogP) is -0.644. The Kier molecular flexibility index (Phi) is 3.11. The fourth-order valence-corrected chi connectivity index (χ4v) is 3.15. The first-order chi connectivity index (χ1) is 8.29. The number of rotatable bonds is 3. The lowest BCUT2D eigenvalue weighted by molar-refractivity contribution is -0.162. The van der Waals surface area contributed by atoms with Gasteiger partial charge in [0, 0.05) is 33.2 Å². The van der Waals surface area contributed by atoms with Crippen LogP contribution in [0.25, 0.3) is 0 Å². The zero-order valence-corrected chi connectivity index (χ0v) is 11.2. The maximum Gasteiger partial charge on any atom is 0.305 e. The molecule has 6 nitrogen and oxygen atoms in total. The molecule has 0 aromatic carbocycles. The molecule has 0 aliphatic carbocycles. The highest BCUT2D eigenvalue weighted by Gasteiger charge is 2.54. The SMILES string of the molecule is CN1CCN(C2(CC(=O)O)CNC2)C(C)(C)C1=O. The molecule has 0 aromatic heterocycles. The van der Waals surface area contributed by atoms with Gasteiger partial charge in [-0.05, 0) is 13.8 Å². The number of likely N-dealkylation sites (N-methyl/N-ethyl adjacent to an activating group) is 1. The smallest absolute Gasteiger partial charge is 0.305 e. The number of piperazine rings is 1. The highest BCUT2D eigenvalue weighted by atomic mass is 16.4. The van der Waals surface area contributed by atoms with Gasteiger partial charge >= 0.3 is 5.97 Å². The summed E-state index contributed by atoms with van der Waals surface area (Å²) in [7, 11) is 1.80. The molecule has 0 spiro atoms. The molecule has 0 aromatic rings. The van der Waals surface area contributed by atoms with Crippen LogP contribution in [0.5, 0.6) is 0 Å². The number of amides is 1. The molecule has 6 heteroatoms. The zero-order valence-electron chi connectivity index (χ0n) is 11.2. The van der Waals surface area contributed by atoms with Gasteiger partial charge in [-0.2, -0.15) is 0 Å². The molecule has 0 atom stereocenters. The summed E-state index contributed by atoms with van der Waals surface area (Å²) in [5, 5.41) is 12.2. The summed E-state index contributed by atoms with van der Waals surface area (Å²) in [6.45, 7) is 6.42. The van der Waals surface area contributed by atoms with Crippen molar-refractivity contribution in [1.29, 1.82) is 0 Å². The van der Waals surface area contributed by atoms with E-state index >= 15 is 0 Å². The second-order valence-corrected chi connectivity index (χ2v) is 5.84. The number of carbonyl (C=O) groups is 2. The lowest BCUT2D eigenvalue weighted by Gasteiger charge is -2.58. The van der Waals surface area contributed by atoms with Crippen LogP contribution >= 0.6 is 0 Å². The number of carboxylic acid groups (broad SMARTS) is 1. The quantitative estimate of drug-likeness (QED) is 0.701. The maximum absolute atomic E-state index is 12.2. The van der Waals surface area contributed by atoms with Crippen molar-refractivity contribution in [1.82, 2.24) is 15.1 Å². The number of hydrogen-bond donors (Lipinski definition) is 2. The molecular weight excluding hydrogens is 234 g/mol. The average molecular weight is 255 g/mol. The van der Waals surface area contributed by atoms with Crippen LogP contribution in [-0.4, -0.2) is 71.1 Å². The molecule has 0 bridgehead atoms. The van der Waals surface area contributed by atoms with Crippen LogP contribution in [0, 0.1) is 0 Å². The maximum atomic E-state index is 12.2. The third kappa shape index (κ3) is 1.89. The summed E-state index contributed by atoms with van der Waals surface area (Å²) < 4.78 is 0. The molecule has 2 N–H and O–H groups in total. The van der Waals surface area contributed by atoms with Crippen molar-refractivity contribution >= 4 is 11.9 Å². The predicted molar refractivity (Wildman–Crippen MR) is 66.3 cm³/mol. The zero-order chi connectivity index (χ0) is 13.6. The number of aliphatic carboxylic acids is 1. The van der Waals surface area contributed by atoms with Crippen LogP contribution < -0.4 is 5.32 Å². The summed E-state index contributed by atoms with van der Waals surface area (Å²) in [6.07, 6.45) is 0.0838. The van der Waals surface area contributed by atoms with E-state index in [9.17, 15) is 9.59 Å². The van der Waals surface area contributed by atoms with Gasteiger partial charge in [-0.1, -0.05) is 0 Å². The Hall–Kier alpha value is -1.14. The van der Waals surface area contributed by atoms with E-state index in [0.717, 1.165) is 6.54 Å². The van der Waals surface area contributed by atoms with Gasteiger partial charge in [-0.3, -0.25) is 14.5 Å². The molecule has 2 rings (SSSR count). The van der Waals surface area contributed by atoms with Crippen molar-refractivity contribution in [2.24, 2.45) is 0 Å². The third-order valence-corrected chi connectivity index (χ3v) is 4.16. The monoisotopic (exact) mass is 255 g/mol. The summed E-state index contributed by atoms with van der Waals surface area (Å²) in [5.74, 6) is -0.746. The van der Waals surface area contributed by atoms with Gasteiger partial charge in [-0.25, -0.2) is 0 Å². The fraction of sp³-hybridized carbons (Fsp3) is 0.833. The molecular formula is C12H21N3O3. The Balaban J connectivity index is 2.26. The Morgan fingerprint density at radius 2 is 2.00 bits per heavy atom. The Labute approximate surface area is 107 Å². The van der Waals surface area contributed by atoms with Crippen molar-refractivity contribution in [2.45, 2.75) is 31.3 Å². The van der Waals surface area contributed by atoms with Crippen LogP contribution in [0.4, 0.5) is 0 Å². The average Bonchev–Trinajstić information content (AvgIpc) is 2.21. The van der Waals surface area contributed by atoms with E-state index in [-0.39, 0.29) is 12.3 Å². The first-order valence-electron chi connectivity index (χ1n) is 6.25. The number of hydrogen-bond acceptors (Lipinski definition) is 4. The molecule has 18 heavy (non-hydrogen) atoms. The van der Waals surface area contributed by atoms with Gasteiger partial charge in [0.25, 0.3) is 0 Å². The van der Waals surface area contributed by atoms with Gasteiger partial charge in [0.05, 0.1) is 17.5 Å². The van der Waals surface area contributed by atoms with E-state index in [0.29, 0.717) is 19.6 Å². The van der Waals surface area contributed by atoms with Crippen LogP contribution in [0.3, 0.4) is 0 Å². The number of nitrogens with zero attached hydrogens (tertiary/aromatic N) is 2. The lowest BCUT2D eigenvalue weighted by atomic mass is 9.80. The third-order valence-electron chi connectivity index (χ3n) is 4.16. The molecule has 0 unspecified atom stereocenters. The summed E-state index contributed by atoms with van der Waals surface area (Å²) in [6, 6.07) is 0. The molecule has 2 aliphatic rings. The van der Waals surface area contributed by atoms with Gasteiger partial charge in [0.15, 0.2) is 0 Å². The van der Waals surface area contributed by atoms with Crippen molar-refractivity contribution in [3.63, 3.8) is 0 Å². The van der Waals surface area contributed by atoms with Crippen LogP contribution in [-0.2, 0) is 9.59 Å². The molecule has 0 saturated carbocycles. The molecule has 0 radical (unpaired) electrons. The Bertz CT molecular complexity index is 377. The van der Waals surface area contributed by atoms with E-state index < -0.39 is 17.0 Å². The van der Waals surface area contributed by atoms with Crippen molar-refractivity contribution in [3.05, 3.63) is 0 Å². The summed E-state index contributed by atoms with van der Waals surface area (Å²) >= 11 is 0. The Morgan fingerprint density at radius 1 is 1.39 bits per heavy atom. The lowest BCUT2D eigenvalue weighted by Crippen LogP contribution is -2.78. The van der Waals surface area contributed by atoms with E-state index in [1.54, 1.807) is 11.9 Å². The van der Waals surface area contributed by atoms with E-state index in [1.807, 2.05) is 13.8 Å². The molecule has 2 fully saturated rings. The minimum atomic E-state index is -0.807. The summed E-state index contributed by atoms with van der Waals surface area (Å²) in [5.41, 5.74) is -1.04. The first kappa shape index (κ1) is 13.3. The second kappa shape index (κ2) is 4.20. The minimum absolute atomic E-state index is 0.0606. The van der Waals surface area contributed by atoms with E-state index in [1.165, 1.54) is 0 Å². The van der Waals surface area contributed by atoms with E-state index in [2.05, 4.69) is 10.2 Å². The van der Waals surface area contributed by atoms with Crippen molar-refractivity contribution in [3.8, 4) is 0 Å². The number of carboxylic acids is 1. The highest BCUT2D eigenvalue weighted by molar-refractivity contribution is 5.86. The fourth-order valence-electron chi connectivity index (χ4n) is 3.15. The van der Waals surface area contributed by atoms with Gasteiger partial charge < -0.3 is 15.3 Å². The number of carbonyl (C=O) groups excluding carboxylic acids is 1. The summed E-state index contributed by atoms with van der Waals surface area (Å²) in [4.78, 5) is 27.1. The van der Waals surface area contributed by atoms with Crippen molar-refractivity contribution in [2.75, 3.05) is 33.2 Å². The number of nitrogens with one attached hydrogen (secondary N) is 1. The molecule has 102 valence electrons. The van der Waals surface area contributed by atoms with Gasteiger partial charge in [-0.15, -0.1) is 0 Å². The largest absolute Gasteiger partial charge is 0.481 e. The highest BCUT2D eigenvalue weighted by Crippen LogP contribution is 2.34. The van der Waals surface area contributed by atoms with Gasteiger partial charge in [0.2, 0.25) is 5.91 Å². The Morgan fingerprint density at radius 3 is 2.44 bits per heavy atom. The molecule has 2 heterocycles. The standard InChI is InChI=1S/C12H21N3O3/c1-11(2)10(18)14(3)4-5-15(11)12(6-9(16)17)7-13-8-12/h13H,4-8H2,1-3H3,(H,16,17). The molecule has 2 saturated heterocycles. The van der Waals surface area contributed by atoms with Crippen LogP contribution in [0.1, 0.15) is 20.3 Å². The molecule has 1 amide bonds. The van der Waals surface area contributed by atoms with Gasteiger partial charge in [0.1, 0.15) is 0 Å². The normalized spacial score (nSPS) is 26.8. The topological polar surface area (TPSA) is 72.9 Å². The van der Waals surface area contributed by atoms with Crippen LogP contribution in [0.2, 0.25) is 0 Å². The first-order valence-corrected chi connectivity index (χ1v) is 6.25. The van der Waals surface area contributed by atoms with Crippen molar-refractivity contribution < 1.29 is 14.7 Å². The molecule has 2 aliphatic heterocycles.